The first-order chi connectivity index (χ1) is 4.39. The number of hydrogen-bond acceptors (Lipinski definition) is 1. The fourth-order valence-corrected chi connectivity index (χ4v) is 0.982. The zero-order valence-corrected chi connectivity index (χ0v) is 6.43. The van der Waals surface area contributed by atoms with Gasteiger partial charge in [0.05, 0.1) is 0 Å². The van der Waals surface area contributed by atoms with Gasteiger partial charge in [-0.15, -0.1) is 0 Å². The van der Waals surface area contributed by atoms with Crippen LogP contribution in [0.4, 0.5) is 0 Å². The van der Waals surface area contributed by atoms with E-state index in [9.17, 15) is 0 Å². The monoisotopic (exact) mass is 127 g/mol. The third kappa shape index (κ3) is 4.22. The van der Waals surface area contributed by atoms with Crippen molar-refractivity contribution >= 4 is 0 Å². The van der Waals surface area contributed by atoms with E-state index in [1.807, 2.05) is 0 Å². The molecule has 0 aliphatic heterocycles. The third-order valence-electron chi connectivity index (χ3n) is 1.49. The van der Waals surface area contributed by atoms with Crippen LogP contribution in [0.2, 0.25) is 0 Å². The molecule has 54 valence electrons. The van der Waals surface area contributed by atoms with Crippen molar-refractivity contribution in [1.29, 1.82) is 0 Å². The highest BCUT2D eigenvalue weighted by Crippen LogP contribution is 2.14. The molecule has 0 saturated heterocycles. The Balaban J connectivity index is 0.000000291. The van der Waals surface area contributed by atoms with Gasteiger partial charge in [0.25, 0.3) is 0 Å². The number of allylic oxidation sites excluding steroid dienone is 2. The van der Waals surface area contributed by atoms with Crippen LogP contribution in [0.3, 0.4) is 0 Å². The van der Waals surface area contributed by atoms with Crippen LogP contribution in [-0.2, 0) is 0 Å². The second-order valence-corrected chi connectivity index (χ2v) is 2.34. The lowest BCUT2D eigenvalue weighted by atomic mass is 9.98. The van der Waals surface area contributed by atoms with Crippen LogP contribution in [-0.4, -0.2) is 7.05 Å². The summed E-state index contributed by atoms with van der Waals surface area (Å²) in [6.07, 6.45) is 8.70. The molecule has 0 radical (unpaired) electrons. The normalized spacial score (nSPS) is 24.6. The molecule has 1 nitrogen and oxygen atoms in total. The van der Waals surface area contributed by atoms with E-state index in [4.69, 9.17) is 0 Å². The zero-order chi connectivity index (χ0) is 7.11. The quantitative estimate of drug-likeness (QED) is 0.494. The SMILES string of the molecule is CC1C=CCCC1.CN. The summed E-state index contributed by atoms with van der Waals surface area (Å²) in [5.74, 6) is 0.855. The number of hydrogen-bond donors (Lipinski definition) is 1. The highest BCUT2D eigenvalue weighted by molar-refractivity contribution is 4.90. The van der Waals surface area contributed by atoms with Crippen molar-refractivity contribution in [2.24, 2.45) is 11.7 Å². The van der Waals surface area contributed by atoms with E-state index in [2.05, 4.69) is 24.8 Å². The summed E-state index contributed by atoms with van der Waals surface area (Å²) >= 11 is 0. The summed E-state index contributed by atoms with van der Waals surface area (Å²) in [7, 11) is 1.50. The maximum atomic E-state index is 4.50. The Kier molecular flexibility index (Phi) is 5.64. The fourth-order valence-electron chi connectivity index (χ4n) is 0.982. The number of rotatable bonds is 0. The maximum absolute atomic E-state index is 4.50. The fraction of sp³-hybridized carbons (Fsp3) is 0.750. The maximum Gasteiger partial charge on any atom is -0.0195 e. The first kappa shape index (κ1) is 8.70. The molecule has 1 unspecified atom stereocenters. The Bertz CT molecular complexity index is 76.6. The topological polar surface area (TPSA) is 26.0 Å². The van der Waals surface area contributed by atoms with Crippen molar-refractivity contribution in [3.8, 4) is 0 Å². The van der Waals surface area contributed by atoms with Crippen LogP contribution < -0.4 is 5.73 Å². The molecule has 1 aliphatic rings. The summed E-state index contributed by atoms with van der Waals surface area (Å²) in [4.78, 5) is 0. The lowest BCUT2D eigenvalue weighted by Crippen LogP contribution is -1.92. The van der Waals surface area contributed by atoms with Crippen LogP contribution in [0, 0.1) is 5.92 Å². The van der Waals surface area contributed by atoms with Crippen molar-refractivity contribution in [3.05, 3.63) is 12.2 Å². The minimum Gasteiger partial charge on any atom is -0.333 e. The van der Waals surface area contributed by atoms with Crippen molar-refractivity contribution in [2.75, 3.05) is 7.05 Å². The molecule has 0 bridgehead atoms. The van der Waals surface area contributed by atoms with Gasteiger partial charge in [-0.1, -0.05) is 19.1 Å². The molecule has 2 N–H and O–H groups in total. The van der Waals surface area contributed by atoms with Gasteiger partial charge in [-0.05, 0) is 32.2 Å². The predicted octanol–water partition coefficient (Wildman–Crippen LogP) is 1.94. The van der Waals surface area contributed by atoms with Gasteiger partial charge in [0.2, 0.25) is 0 Å². The molecule has 0 heterocycles. The molecule has 1 aliphatic carbocycles. The average Bonchev–Trinajstić information content (AvgIpc) is 1.94. The molecule has 0 aromatic carbocycles. The summed E-state index contributed by atoms with van der Waals surface area (Å²) < 4.78 is 0. The van der Waals surface area contributed by atoms with Gasteiger partial charge in [0.15, 0.2) is 0 Å². The summed E-state index contributed by atoms with van der Waals surface area (Å²) in [6.45, 7) is 2.27. The largest absolute Gasteiger partial charge is 0.333 e. The Morgan fingerprint density at radius 3 is 2.33 bits per heavy atom. The third-order valence-corrected chi connectivity index (χ3v) is 1.49. The Labute approximate surface area is 57.9 Å². The zero-order valence-electron chi connectivity index (χ0n) is 6.43. The Hall–Kier alpha value is -0.300. The van der Waals surface area contributed by atoms with E-state index in [-0.39, 0.29) is 0 Å². The van der Waals surface area contributed by atoms with E-state index in [0.717, 1.165) is 5.92 Å². The molecule has 0 amide bonds. The number of nitrogens with two attached hydrogens (primary N) is 1. The van der Waals surface area contributed by atoms with E-state index < -0.39 is 0 Å². The summed E-state index contributed by atoms with van der Waals surface area (Å²) in [6, 6.07) is 0. The van der Waals surface area contributed by atoms with E-state index >= 15 is 0 Å². The van der Waals surface area contributed by atoms with Crippen LogP contribution >= 0.6 is 0 Å². The van der Waals surface area contributed by atoms with Gasteiger partial charge in [0, 0.05) is 0 Å². The van der Waals surface area contributed by atoms with E-state index in [0.29, 0.717) is 0 Å². The van der Waals surface area contributed by atoms with Gasteiger partial charge >= 0.3 is 0 Å². The molecule has 0 fully saturated rings. The minimum absolute atomic E-state index is 0.855. The van der Waals surface area contributed by atoms with Crippen LogP contribution in [0.25, 0.3) is 0 Å². The van der Waals surface area contributed by atoms with Crippen LogP contribution in [0.1, 0.15) is 26.2 Å². The molecule has 1 atom stereocenters. The predicted molar refractivity (Wildman–Crippen MR) is 42.3 cm³/mol. The molecule has 1 rings (SSSR count). The minimum atomic E-state index is 0.855. The molecule has 0 spiro atoms. The second kappa shape index (κ2) is 5.83. The first-order valence-corrected chi connectivity index (χ1v) is 3.64. The molecule has 9 heavy (non-hydrogen) atoms. The van der Waals surface area contributed by atoms with E-state index in [1.165, 1.54) is 26.3 Å². The first-order valence-electron chi connectivity index (χ1n) is 3.64. The summed E-state index contributed by atoms with van der Waals surface area (Å²) in [5.41, 5.74) is 4.50. The molecule has 0 aromatic rings. The lowest BCUT2D eigenvalue weighted by Gasteiger charge is -2.08. The molecular formula is C8H17N. The van der Waals surface area contributed by atoms with Crippen LogP contribution in [0.5, 0.6) is 0 Å². The average molecular weight is 127 g/mol. The molecular weight excluding hydrogens is 110 g/mol. The summed E-state index contributed by atoms with van der Waals surface area (Å²) in [5, 5.41) is 0. The standard InChI is InChI=1S/C7H12.CH5N/c1-7-5-3-2-4-6-7;1-2/h3,5,7H,2,4,6H2,1H3;2H2,1H3. The van der Waals surface area contributed by atoms with Crippen molar-refractivity contribution in [2.45, 2.75) is 26.2 Å². The van der Waals surface area contributed by atoms with E-state index in [1.54, 1.807) is 0 Å². The van der Waals surface area contributed by atoms with Gasteiger partial charge in [-0.3, -0.25) is 0 Å². The Morgan fingerprint density at radius 1 is 1.44 bits per heavy atom. The van der Waals surface area contributed by atoms with Crippen molar-refractivity contribution < 1.29 is 0 Å². The molecule has 0 saturated carbocycles. The Morgan fingerprint density at radius 2 is 2.11 bits per heavy atom. The highest BCUT2D eigenvalue weighted by atomic mass is 14.4. The van der Waals surface area contributed by atoms with Gasteiger partial charge in [-0.25, -0.2) is 0 Å². The molecule has 0 aromatic heterocycles. The van der Waals surface area contributed by atoms with Crippen molar-refractivity contribution in [3.63, 3.8) is 0 Å². The van der Waals surface area contributed by atoms with Gasteiger partial charge < -0.3 is 5.73 Å². The van der Waals surface area contributed by atoms with Gasteiger partial charge in [-0.2, -0.15) is 0 Å². The highest BCUT2D eigenvalue weighted by Gasteiger charge is 1.98. The molecule has 1 heteroatoms. The van der Waals surface area contributed by atoms with Crippen molar-refractivity contribution in [1.82, 2.24) is 0 Å². The smallest absolute Gasteiger partial charge is 0.0195 e. The second-order valence-electron chi connectivity index (χ2n) is 2.34. The van der Waals surface area contributed by atoms with Gasteiger partial charge in [0.1, 0.15) is 0 Å². The lowest BCUT2D eigenvalue weighted by molar-refractivity contribution is 0.584. The van der Waals surface area contributed by atoms with Crippen LogP contribution in [0.15, 0.2) is 12.2 Å².